The van der Waals surface area contributed by atoms with Crippen molar-refractivity contribution in [3.63, 3.8) is 0 Å². The van der Waals surface area contributed by atoms with Gasteiger partial charge in [0.05, 0.1) is 0 Å². The number of aryl methyl sites for hydroxylation is 2. The second kappa shape index (κ2) is 6.69. The Morgan fingerprint density at radius 2 is 2.06 bits per heavy atom. The molecule has 0 aliphatic rings. The van der Waals surface area contributed by atoms with Crippen LogP contribution < -0.4 is 4.90 Å². The average Bonchev–Trinajstić information content (AvgIpc) is 2.29. The summed E-state index contributed by atoms with van der Waals surface area (Å²) in [6.45, 7) is 8.10. The third-order valence-corrected chi connectivity index (χ3v) is 2.77. The number of alkyl halides is 1. The second-order valence-electron chi connectivity index (χ2n) is 3.74. The van der Waals surface area contributed by atoms with Crippen molar-refractivity contribution in [2.75, 3.05) is 23.9 Å². The van der Waals surface area contributed by atoms with Gasteiger partial charge in [0.2, 0.25) is 0 Å². The molecule has 0 spiro atoms. The van der Waals surface area contributed by atoms with Crippen LogP contribution in [0.4, 0.5) is 5.82 Å². The van der Waals surface area contributed by atoms with E-state index in [0.29, 0.717) is 5.88 Å². The first kappa shape index (κ1) is 13.2. The smallest absolute Gasteiger partial charge is 0.132 e. The summed E-state index contributed by atoms with van der Waals surface area (Å²) < 4.78 is 0. The fourth-order valence-corrected chi connectivity index (χ4v) is 1.76. The molecule has 0 aromatic carbocycles. The normalized spacial score (nSPS) is 10.5. The molecule has 0 fully saturated rings. The zero-order chi connectivity index (χ0) is 12.0. The number of anilines is 1. The Hall–Kier alpha value is -0.830. The minimum absolute atomic E-state index is 0.696. The summed E-state index contributed by atoms with van der Waals surface area (Å²) in [5.74, 6) is 2.57. The Morgan fingerprint density at radius 3 is 2.62 bits per heavy atom. The summed E-state index contributed by atoms with van der Waals surface area (Å²) in [5, 5.41) is 0. The Labute approximate surface area is 103 Å². The minimum atomic E-state index is 0.696. The highest BCUT2D eigenvalue weighted by atomic mass is 35.5. The van der Waals surface area contributed by atoms with Crippen molar-refractivity contribution in [1.29, 1.82) is 0 Å². The molecule has 1 rings (SSSR count). The van der Waals surface area contributed by atoms with E-state index in [1.54, 1.807) is 0 Å². The molecule has 0 radical (unpaired) electrons. The molecule has 3 nitrogen and oxygen atoms in total. The zero-order valence-electron chi connectivity index (χ0n) is 10.3. The lowest BCUT2D eigenvalue weighted by Gasteiger charge is -2.22. The molecule has 0 N–H and O–H groups in total. The number of aromatic nitrogens is 2. The van der Waals surface area contributed by atoms with Crippen LogP contribution in [-0.4, -0.2) is 28.9 Å². The van der Waals surface area contributed by atoms with Gasteiger partial charge in [-0.15, -0.1) is 11.6 Å². The first-order valence-corrected chi connectivity index (χ1v) is 6.40. The largest absolute Gasteiger partial charge is 0.357 e. The van der Waals surface area contributed by atoms with Crippen LogP contribution in [0, 0.1) is 6.92 Å². The average molecular weight is 242 g/mol. The molecule has 0 aliphatic heterocycles. The molecule has 0 unspecified atom stereocenters. The van der Waals surface area contributed by atoms with E-state index in [4.69, 9.17) is 11.6 Å². The van der Waals surface area contributed by atoms with Crippen molar-refractivity contribution in [2.45, 2.75) is 33.6 Å². The van der Waals surface area contributed by atoms with E-state index in [0.717, 1.165) is 43.3 Å². The van der Waals surface area contributed by atoms with Crippen molar-refractivity contribution in [2.24, 2.45) is 0 Å². The number of halogens is 1. The molecule has 0 saturated heterocycles. The van der Waals surface area contributed by atoms with Crippen LogP contribution >= 0.6 is 11.6 Å². The lowest BCUT2D eigenvalue weighted by Crippen LogP contribution is -2.25. The topological polar surface area (TPSA) is 29.0 Å². The zero-order valence-corrected chi connectivity index (χ0v) is 11.1. The Bertz CT molecular complexity index is 328. The van der Waals surface area contributed by atoms with E-state index in [2.05, 4.69) is 34.8 Å². The molecule has 4 heteroatoms. The first-order valence-electron chi connectivity index (χ1n) is 5.86. The molecule has 16 heavy (non-hydrogen) atoms. The van der Waals surface area contributed by atoms with Gasteiger partial charge in [0.15, 0.2) is 0 Å². The van der Waals surface area contributed by atoms with E-state index in [9.17, 15) is 0 Å². The van der Waals surface area contributed by atoms with Gasteiger partial charge in [0.1, 0.15) is 11.6 Å². The van der Waals surface area contributed by atoms with Gasteiger partial charge in [-0.2, -0.15) is 0 Å². The second-order valence-corrected chi connectivity index (χ2v) is 4.12. The quantitative estimate of drug-likeness (QED) is 0.718. The van der Waals surface area contributed by atoms with Crippen LogP contribution in [0.15, 0.2) is 6.07 Å². The third-order valence-electron chi connectivity index (χ3n) is 2.51. The van der Waals surface area contributed by atoms with Crippen LogP contribution in [0.1, 0.15) is 31.8 Å². The monoisotopic (exact) mass is 241 g/mol. The van der Waals surface area contributed by atoms with E-state index in [1.807, 2.05) is 6.92 Å². The van der Waals surface area contributed by atoms with Gasteiger partial charge in [0.25, 0.3) is 0 Å². The molecule has 0 atom stereocenters. The van der Waals surface area contributed by atoms with E-state index in [-0.39, 0.29) is 0 Å². The van der Waals surface area contributed by atoms with Gasteiger partial charge in [-0.25, -0.2) is 9.97 Å². The highest BCUT2D eigenvalue weighted by Gasteiger charge is 2.07. The van der Waals surface area contributed by atoms with E-state index in [1.165, 1.54) is 0 Å². The molecule has 1 aromatic heterocycles. The maximum absolute atomic E-state index is 5.72. The molecular formula is C12H20ClN3. The van der Waals surface area contributed by atoms with Gasteiger partial charge < -0.3 is 4.90 Å². The highest BCUT2D eigenvalue weighted by molar-refractivity contribution is 6.17. The summed E-state index contributed by atoms with van der Waals surface area (Å²) in [7, 11) is 0. The van der Waals surface area contributed by atoms with Crippen molar-refractivity contribution in [1.82, 2.24) is 9.97 Å². The van der Waals surface area contributed by atoms with Gasteiger partial charge in [0, 0.05) is 30.7 Å². The predicted octanol–water partition coefficient (Wildman–Crippen LogP) is 2.80. The molecule has 1 aromatic rings. The van der Waals surface area contributed by atoms with Crippen LogP contribution in [-0.2, 0) is 6.42 Å². The molecule has 90 valence electrons. The highest BCUT2D eigenvalue weighted by Crippen LogP contribution is 2.13. The van der Waals surface area contributed by atoms with Gasteiger partial charge in [-0.05, 0) is 26.7 Å². The van der Waals surface area contributed by atoms with Crippen molar-refractivity contribution < 1.29 is 0 Å². The molecule has 0 saturated carbocycles. The summed E-state index contributed by atoms with van der Waals surface area (Å²) in [6, 6.07) is 2.07. The maximum Gasteiger partial charge on any atom is 0.132 e. The molecule has 0 bridgehead atoms. The summed E-state index contributed by atoms with van der Waals surface area (Å²) in [6.07, 6.45) is 1.93. The minimum Gasteiger partial charge on any atom is -0.357 e. The van der Waals surface area contributed by atoms with Crippen LogP contribution in [0.3, 0.4) is 0 Å². The third kappa shape index (κ3) is 3.63. The molecule has 1 heterocycles. The molecule has 0 amide bonds. The number of rotatable bonds is 6. The lowest BCUT2D eigenvalue weighted by molar-refractivity contribution is 0.771. The standard InChI is InChI=1S/C12H20ClN3/c1-4-11-9-12(15-10(3)14-11)16(5-2)8-6-7-13/h9H,4-8H2,1-3H3. The molecular weight excluding hydrogens is 222 g/mol. The number of hydrogen-bond donors (Lipinski definition) is 0. The van der Waals surface area contributed by atoms with Gasteiger partial charge >= 0.3 is 0 Å². The fourth-order valence-electron chi connectivity index (χ4n) is 1.64. The molecule has 0 aliphatic carbocycles. The summed E-state index contributed by atoms with van der Waals surface area (Å²) >= 11 is 5.72. The predicted molar refractivity (Wildman–Crippen MR) is 69.4 cm³/mol. The first-order chi connectivity index (χ1) is 7.71. The van der Waals surface area contributed by atoms with Gasteiger partial charge in [-0.3, -0.25) is 0 Å². The Morgan fingerprint density at radius 1 is 1.31 bits per heavy atom. The lowest BCUT2D eigenvalue weighted by atomic mass is 10.3. The number of nitrogens with zero attached hydrogens (tertiary/aromatic N) is 3. The Balaban J connectivity index is 2.86. The van der Waals surface area contributed by atoms with Gasteiger partial charge in [-0.1, -0.05) is 6.92 Å². The van der Waals surface area contributed by atoms with E-state index < -0.39 is 0 Å². The van der Waals surface area contributed by atoms with Crippen LogP contribution in [0.5, 0.6) is 0 Å². The van der Waals surface area contributed by atoms with Crippen molar-refractivity contribution in [3.8, 4) is 0 Å². The summed E-state index contributed by atoms with van der Waals surface area (Å²) in [5.41, 5.74) is 1.10. The van der Waals surface area contributed by atoms with Crippen LogP contribution in [0.2, 0.25) is 0 Å². The van der Waals surface area contributed by atoms with Crippen molar-refractivity contribution in [3.05, 3.63) is 17.6 Å². The Kier molecular flexibility index (Phi) is 5.53. The maximum atomic E-state index is 5.72. The summed E-state index contributed by atoms with van der Waals surface area (Å²) in [4.78, 5) is 11.1. The SMILES string of the molecule is CCc1cc(N(CC)CCCCl)nc(C)n1. The van der Waals surface area contributed by atoms with E-state index >= 15 is 0 Å². The fraction of sp³-hybridized carbons (Fsp3) is 0.667. The van der Waals surface area contributed by atoms with Crippen LogP contribution in [0.25, 0.3) is 0 Å². The number of hydrogen-bond acceptors (Lipinski definition) is 3. The van der Waals surface area contributed by atoms with Crippen molar-refractivity contribution >= 4 is 17.4 Å².